The minimum atomic E-state index is 0.102. The fourth-order valence-electron chi connectivity index (χ4n) is 5.10. The molecule has 0 spiro atoms. The van der Waals surface area contributed by atoms with E-state index in [0.717, 1.165) is 0 Å². The summed E-state index contributed by atoms with van der Waals surface area (Å²) in [5.74, 6) is 0.572. The van der Waals surface area contributed by atoms with Crippen LogP contribution in [-0.2, 0) is 0 Å². The molecule has 28 heavy (non-hydrogen) atoms. The van der Waals surface area contributed by atoms with Gasteiger partial charge < -0.3 is 4.90 Å². The molecule has 0 rings (SSSR count). The van der Waals surface area contributed by atoms with Crippen molar-refractivity contribution in [3.8, 4) is 0 Å². The Kier molecular flexibility index (Phi) is 8.58. The second kappa shape index (κ2) is 8.73. The normalized spacial score (nSPS) is 16.7. The molecule has 0 amide bonds. The Morgan fingerprint density at radius 1 is 0.750 bits per heavy atom. The number of hydrogen-bond acceptors (Lipinski definition) is 1. The predicted octanol–water partition coefficient (Wildman–Crippen LogP) is 8.80. The van der Waals surface area contributed by atoms with Gasteiger partial charge in [0.05, 0.1) is 0 Å². The molecule has 168 valence electrons. The van der Waals surface area contributed by atoms with Crippen LogP contribution in [0, 0.1) is 33.0 Å². The van der Waals surface area contributed by atoms with E-state index in [9.17, 15) is 0 Å². The molecule has 0 saturated heterocycles. The summed E-state index contributed by atoms with van der Waals surface area (Å²) in [5.41, 5.74) is 2.59. The second-order valence-electron chi connectivity index (χ2n) is 14.3. The van der Waals surface area contributed by atoms with Crippen LogP contribution in [0.25, 0.3) is 0 Å². The quantitative estimate of drug-likeness (QED) is 0.398. The molecule has 0 aliphatic carbocycles. The van der Waals surface area contributed by atoms with Gasteiger partial charge in [0, 0.05) is 24.2 Å². The molecule has 0 aromatic heterocycles. The zero-order valence-corrected chi connectivity index (χ0v) is 22.4. The van der Waals surface area contributed by atoms with Crippen molar-refractivity contribution in [3.63, 3.8) is 0 Å². The molecule has 0 aliphatic heterocycles. The van der Waals surface area contributed by atoms with Crippen LogP contribution in [0.4, 0.5) is 0 Å². The van der Waals surface area contributed by atoms with Crippen molar-refractivity contribution in [1.29, 1.82) is 0 Å². The van der Waals surface area contributed by atoms with E-state index < -0.39 is 0 Å². The lowest BCUT2D eigenvalue weighted by molar-refractivity contribution is 0.0346. The van der Waals surface area contributed by atoms with Gasteiger partial charge in [-0.05, 0) is 46.8 Å². The highest BCUT2D eigenvalue weighted by atomic mass is 15.2. The molecular weight excluding hydrogens is 338 g/mol. The Morgan fingerprint density at radius 2 is 1.18 bits per heavy atom. The largest absolute Gasteiger partial charge is 0.374 e. The molecule has 1 heteroatoms. The lowest BCUT2D eigenvalue weighted by atomic mass is 9.67. The van der Waals surface area contributed by atoms with E-state index in [1.54, 1.807) is 0 Å². The van der Waals surface area contributed by atoms with Crippen LogP contribution in [0.5, 0.6) is 0 Å². The number of allylic oxidation sites excluding steroid dienone is 1. The predicted molar refractivity (Wildman–Crippen MR) is 130 cm³/mol. The van der Waals surface area contributed by atoms with Crippen LogP contribution in [0.3, 0.4) is 0 Å². The van der Waals surface area contributed by atoms with Crippen LogP contribution < -0.4 is 0 Å². The van der Waals surface area contributed by atoms with Gasteiger partial charge in [-0.2, -0.15) is 0 Å². The molecule has 0 aliphatic rings. The van der Waals surface area contributed by atoms with Crippen LogP contribution in [0.2, 0.25) is 0 Å². The summed E-state index contributed by atoms with van der Waals surface area (Å²) in [7, 11) is 2.28. The van der Waals surface area contributed by atoms with Gasteiger partial charge >= 0.3 is 0 Å². The summed E-state index contributed by atoms with van der Waals surface area (Å²) in [5, 5.41) is 0. The molecule has 2 unspecified atom stereocenters. The van der Waals surface area contributed by atoms with Gasteiger partial charge in [0.15, 0.2) is 0 Å². The lowest BCUT2D eigenvalue weighted by Gasteiger charge is -2.50. The van der Waals surface area contributed by atoms with Gasteiger partial charge in [0.25, 0.3) is 0 Å². The summed E-state index contributed by atoms with van der Waals surface area (Å²) >= 11 is 0. The van der Waals surface area contributed by atoms with E-state index in [4.69, 9.17) is 0 Å². The van der Waals surface area contributed by atoms with E-state index in [2.05, 4.69) is 115 Å². The van der Waals surface area contributed by atoms with Gasteiger partial charge in [0.1, 0.15) is 0 Å². The molecule has 0 aromatic rings. The van der Waals surface area contributed by atoms with Gasteiger partial charge in [-0.25, -0.2) is 0 Å². The van der Waals surface area contributed by atoms with Gasteiger partial charge in [0.2, 0.25) is 0 Å². The Balaban J connectivity index is 5.49. The Labute approximate surface area is 179 Å². The first-order valence-electron chi connectivity index (χ1n) is 11.4. The standard InChI is InChI=1S/C27H55N/c1-20(24(6,7)8)22(25(9,10)11)28(16)21(2)27(14,15)18-17-26(12,13)19-23(3,4)5/h20,22H,2,17-19H2,1,3-16H3. The highest BCUT2D eigenvalue weighted by Crippen LogP contribution is 2.45. The fraction of sp³-hybridized carbons (Fsp3) is 0.926. The molecule has 0 bridgehead atoms. The highest BCUT2D eigenvalue weighted by Gasteiger charge is 2.41. The van der Waals surface area contributed by atoms with E-state index >= 15 is 0 Å². The van der Waals surface area contributed by atoms with Crippen molar-refractivity contribution in [2.24, 2.45) is 33.0 Å². The molecule has 0 N–H and O–H groups in total. The minimum absolute atomic E-state index is 0.102. The third kappa shape index (κ3) is 8.50. The van der Waals surface area contributed by atoms with Crippen molar-refractivity contribution >= 4 is 0 Å². The van der Waals surface area contributed by atoms with Crippen molar-refractivity contribution < 1.29 is 0 Å². The average Bonchev–Trinajstić information content (AvgIpc) is 2.39. The average molecular weight is 394 g/mol. The number of nitrogens with zero attached hydrogens (tertiary/aromatic N) is 1. The molecule has 0 fully saturated rings. The van der Waals surface area contributed by atoms with Gasteiger partial charge in [-0.1, -0.05) is 104 Å². The topological polar surface area (TPSA) is 3.24 Å². The maximum Gasteiger partial charge on any atom is 0.0362 e. The van der Waals surface area contributed by atoms with Crippen molar-refractivity contribution in [3.05, 3.63) is 12.3 Å². The Bertz CT molecular complexity index is 502. The summed E-state index contributed by atoms with van der Waals surface area (Å²) in [6.45, 7) is 38.0. The third-order valence-corrected chi connectivity index (χ3v) is 6.79. The highest BCUT2D eigenvalue weighted by molar-refractivity contribution is 5.10. The SMILES string of the molecule is C=C(N(C)C(C(C)C(C)(C)C)C(C)(C)C)C(C)(C)CCC(C)(C)CC(C)(C)C. The fourth-order valence-corrected chi connectivity index (χ4v) is 5.10. The molecule has 0 radical (unpaired) electrons. The van der Waals surface area contributed by atoms with Crippen LogP contribution in [-0.4, -0.2) is 18.0 Å². The maximum atomic E-state index is 4.63. The third-order valence-electron chi connectivity index (χ3n) is 6.79. The Morgan fingerprint density at radius 3 is 1.50 bits per heavy atom. The van der Waals surface area contributed by atoms with Crippen molar-refractivity contribution in [2.75, 3.05) is 7.05 Å². The monoisotopic (exact) mass is 393 g/mol. The summed E-state index contributed by atoms with van der Waals surface area (Å²) in [6, 6.07) is 0.460. The van der Waals surface area contributed by atoms with Crippen LogP contribution in [0.15, 0.2) is 12.3 Å². The van der Waals surface area contributed by atoms with Crippen LogP contribution >= 0.6 is 0 Å². The minimum Gasteiger partial charge on any atom is -0.374 e. The lowest BCUT2D eigenvalue weighted by Crippen LogP contribution is -2.50. The molecule has 0 saturated carbocycles. The first-order valence-corrected chi connectivity index (χ1v) is 11.4. The van der Waals surface area contributed by atoms with Gasteiger partial charge in [-0.3, -0.25) is 0 Å². The van der Waals surface area contributed by atoms with Crippen molar-refractivity contribution in [1.82, 2.24) is 4.90 Å². The van der Waals surface area contributed by atoms with E-state index in [1.165, 1.54) is 25.0 Å². The maximum absolute atomic E-state index is 4.63. The Hall–Kier alpha value is -0.460. The van der Waals surface area contributed by atoms with E-state index in [0.29, 0.717) is 22.8 Å². The molecule has 1 nitrogen and oxygen atoms in total. The molecular formula is C27H55N. The molecule has 2 atom stereocenters. The van der Waals surface area contributed by atoms with E-state index in [-0.39, 0.29) is 16.2 Å². The summed E-state index contributed by atoms with van der Waals surface area (Å²) in [6.07, 6.45) is 3.67. The first-order chi connectivity index (χ1) is 12.0. The smallest absolute Gasteiger partial charge is 0.0362 e. The molecule has 0 heterocycles. The van der Waals surface area contributed by atoms with Crippen LogP contribution in [0.1, 0.15) is 116 Å². The van der Waals surface area contributed by atoms with Gasteiger partial charge in [-0.15, -0.1) is 0 Å². The first kappa shape index (κ1) is 27.5. The van der Waals surface area contributed by atoms with E-state index in [1.807, 2.05) is 0 Å². The zero-order chi connectivity index (χ0) is 22.9. The number of hydrogen-bond donors (Lipinski definition) is 0. The number of rotatable bonds is 8. The zero-order valence-electron chi connectivity index (χ0n) is 22.4. The molecule has 0 aromatic carbocycles. The summed E-state index contributed by atoms with van der Waals surface area (Å²) in [4.78, 5) is 2.52. The summed E-state index contributed by atoms with van der Waals surface area (Å²) < 4.78 is 0. The second-order valence-corrected chi connectivity index (χ2v) is 14.3. The van der Waals surface area contributed by atoms with Crippen molar-refractivity contribution in [2.45, 2.75) is 122 Å².